The normalized spacial score (nSPS) is 11.9. The second-order valence-corrected chi connectivity index (χ2v) is 6.09. The molecule has 0 aromatic carbocycles. The van der Waals surface area contributed by atoms with Crippen molar-refractivity contribution in [3.05, 3.63) is 0 Å². The molecule has 0 aromatic rings. The van der Waals surface area contributed by atoms with Gasteiger partial charge < -0.3 is 14.2 Å². The van der Waals surface area contributed by atoms with Gasteiger partial charge in [-0.15, -0.1) is 0 Å². The lowest BCUT2D eigenvalue weighted by atomic mass is 10.2. The Morgan fingerprint density at radius 3 is 2.00 bits per heavy atom. The molecule has 0 aliphatic heterocycles. The summed E-state index contributed by atoms with van der Waals surface area (Å²) in [5.74, 6) is 0.0761. The molecule has 0 amide bonds. The molecular formula is C12H27NO5S. The minimum absolute atomic E-state index is 0.0761. The van der Waals surface area contributed by atoms with Crippen molar-refractivity contribution in [2.24, 2.45) is 5.14 Å². The van der Waals surface area contributed by atoms with E-state index in [2.05, 4.69) is 0 Å². The predicted molar refractivity (Wildman–Crippen MR) is 74.6 cm³/mol. The van der Waals surface area contributed by atoms with Crippen LogP contribution in [0.3, 0.4) is 0 Å². The van der Waals surface area contributed by atoms with Gasteiger partial charge in [-0.3, -0.25) is 0 Å². The van der Waals surface area contributed by atoms with Crippen molar-refractivity contribution in [1.82, 2.24) is 0 Å². The second kappa shape index (κ2) is 12.8. The van der Waals surface area contributed by atoms with Crippen molar-refractivity contribution in [2.45, 2.75) is 32.1 Å². The van der Waals surface area contributed by atoms with Gasteiger partial charge in [-0.05, 0) is 19.3 Å². The molecule has 116 valence electrons. The van der Waals surface area contributed by atoms with Crippen molar-refractivity contribution in [3.63, 3.8) is 0 Å². The molecule has 19 heavy (non-hydrogen) atoms. The molecule has 0 fully saturated rings. The first-order chi connectivity index (χ1) is 9.06. The van der Waals surface area contributed by atoms with Gasteiger partial charge in [0.2, 0.25) is 10.0 Å². The van der Waals surface area contributed by atoms with E-state index in [1.165, 1.54) is 0 Å². The fourth-order valence-corrected chi connectivity index (χ4v) is 2.08. The first-order valence-electron chi connectivity index (χ1n) is 6.71. The fourth-order valence-electron chi connectivity index (χ4n) is 1.47. The molecule has 0 atom stereocenters. The highest BCUT2D eigenvalue weighted by atomic mass is 32.2. The summed E-state index contributed by atoms with van der Waals surface area (Å²) in [4.78, 5) is 0. The molecule has 0 rings (SSSR count). The van der Waals surface area contributed by atoms with E-state index < -0.39 is 10.0 Å². The van der Waals surface area contributed by atoms with Gasteiger partial charge >= 0.3 is 0 Å². The van der Waals surface area contributed by atoms with Gasteiger partial charge in [0.15, 0.2) is 0 Å². The SMILES string of the molecule is COCCOCCCOCCCCCCS(N)(=O)=O. The number of sulfonamides is 1. The van der Waals surface area contributed by atoms with Crippen LogP contribution in [0.5, 0.6) is 0 Å². The van der Waals surface area contributed by atoms with Crippen LogP contribution >= 0.6 is 0 Å². The van der Waals surface area contributed by atoms with E-state index in [0.717, 1.165) is 25.7 Å². The maximum Gasteiger partial charge on any atom is 0.209 e. The Kier molecular flexibility index (Phi) is 12.7. The first kappa shape index (κ1) is 18.8. The third-order valence-corrected chi connectivity index (χ3v) is 3.33. The maximum atomic E-state index is 10.7. The lowest BCUT2D eigenvalue weighted by molar-refractivity contribution is 0.0508. The van der Waals surface area contributed by atoms with Crippen LogP contribution in [0.25, 0.3) is 0 Å². The Balaban J connectivity index is 3.03. The largest absolute Gasteiger partial charge is 0.382 e. The van der Waals surface area contributed by atoms with E-state index in [0.29, 0.717) is 39.5 Å². The Morgan fingerprint density at radius 1 is 0.789 bits per heavy atom. The zero-order valence-electron chi connectivity index (χ0n) is 11.8. The van der Waals surface area contributed by atoms with Gasteiger partial charge in [0.05, 0.1) is 19.0 Å². The van der Waals surface area contributed by atoms with Gasteiger partial charge in [0.25, 0.3) is 0 Å². The van der Waals surface area contributed by atoms with E-state index in [1.54, 1.807) is 7.11 Å². The summed E-state index contributed by atoms with van der Waals surface area (Å²) in [5, 5.41) is 4.90. The molecular weight excluding hydrogens is 270 g/mol. The summed E-state index contributed by atoms with van der Waals surface area (Å²) in [6.07, 6.45) is 4.32. The number of ether oxygens (including phenoxy) is 3. The molecule has 0 radical (unpaired) electrons. The van der Waals surface area contributed by atoms with Crippen LogP contribution in [0, 0.1) is 0 Å². The topological polar surface area (TPSA) is 87.8 Å². The molecule has 0 unspecified atom stereocenters. The van der Waals surface area contributed by atoms with Crippen LogP contribution in [-0.2, 0) is 24.2 Å². The number of unbranched alkanes of at least 4 members (excludes halogenated alkanes) is 3. The van der Waals surface area contributed by atoms with E-state index >= 15 is 0 Å². The lowest BCUT2D eigenvalue weighted by Gasteiger charge is -2.05. The average molecular weight is 297 g/mol. The average Bonchev–Trinajstić information content (AvgIpc) is 2.34. The number of nitrogens with two attached hydrogens (primary N) is 1. The number of methoxy groups -OCH3 is 1. The van der Waals surface area contributed by atoms with Gasteiger partial charge in [-0.2, -0.15) is 0 Å². The van der Waals surface area contributed by atoms with Crippen LogP contribution in [-0.4, -0.2) is 54.3 Å². The smallest absolute Gasteiger partial charge is 0.209 e. The maximum absolute atomic E-state index is 10.7. The summed E-state index contributed by atoms with van der Waals surface area (Å²) in [6, 6.07) is 0. The Hall–Kier alpha value is -0.210. The highest BCUT2D eigenvalue weighted by Crippen LogP contribution is 2.01. The quantitative estimate of drug-likeness (QED) is 0.481. The van der Waals surface area contributed by atoms with Gasteiger partial charge in [0.1, 0.15) is 0 Å². The zero-order chi connectivity index (χ0) is 14.4. The van der Waals surface area contributed by atoms with Gasteiger partial charge in [0, 0.05) is 26.9 Å². The summed E-state index contributed by atoms with van der Waals surface area (Å²) in [7, 11) is -1.64. The van der Waals surface area contributed by atoms with E-state index in [4.69, 9.17) is 19.3 Å². The molecule has 6 nitrogen and oxygen atoms in total. The standard InChI is InChI=1S/C12H27NO5S/c1-16-10-11-18-9-6-8-17-7-4-2-3-5-12-19(13,14)15/h2-12H2,1H3,(H2,13,14,15). The molecule has 7 heteroatoms. The number of hydrogen-bond acceptors (Lipinski definition) is 5. The fraction of sp³-hybridized carbons (Fsp3) is 1.00. The lowest BCUT2D eigenvalue weighted by Crippen LogP contribution is -2.16. The zero-order valence-corrected chi connectivity index (χ0v) is 12.6. The third-order valence-electron chi connectivity index (χ3n) is 2.48. The summed E-state index contributed by atoms with van der Waals surface area (Å²) in [5.41, 5.74) is 0. The monoisotopic (exact) mass is 297 g/mol. The van der Waals surface area contributed by atoms with Crippen LogP contribution in [0.15, 0.2) is 0 Å². The van der Waals surface area contributed by atoms with Crippen molar-refractivity contribution in [3.8, 4) is 0 Å². The highest BCUT2D eigenvalue weighted by molar-refractivity contribution is 7.89. The second-order valence-electron chi connectivity index (χ2n) is 4.35. The Labute approximate surface area is 116 Å². The van der Waals surface area contributed by atoms with Crippen molar-refractivity contribution >= 4 is 10.0 Å². The summed E-state index contributed by atoms with van der Waals surface area (Å²) >= 11 is 0. The summed E-state index contributed by atoms with van der Waals surface area (Å²) in [6.45, 7) is 3.36. The molecule has 0 saturated carbocycles. The van der Waals surface area contributed by atoms with Crippen molar-refractivity contribution in [1.29, 1.82) is 0 Å². The van der Waals surface area contributed by atoms with Crippen LogP contribution in [0.1, 0.15) is 32.1 Å². The van der Waals surface area contributed by atoms with E-state index in [1.807, 2.05) is 0 Å². The van der Waals surface area contributed by atoms with Gasteiger partial charge in [-0.25, -0.2) is 13.6 Å². The predicted octanol–water partition coefficient (Wildman–Crippen LogP) is 0.905. The van der Waals surface area contributed by atoms with Crippen molar-refractivity contribution < 1.29 is 22.6 Å². The van der Waals surface area contributed by atoms with Gasteiger partial charge in [-0.1, -0.05) is 12.8 Å². The first-order valence-corrected chi connectivity index (χ1v) is 8.42. The molecule has 2 N–H and O–H groups in total. The number of rotatable bonds is 14. The third kappa shape index (κ3) is 17.8. The van der Waals surface area contributed by atoms with E-state index in [9.17, 15) is 8.42 Å². The molecule has 0 spiro atoms. The molecule has 0 saturated heterocycles. The molecule has 0 aliphatic rings. The Morgan fingerprint density at radius 2 is 1.37 bits per heavy atom. The van der Waals surface area contributed by atoms with E-state index in [-0.39, 0.29) is 5.75 Å². The number of primary sulfonamides is 1. The van der Waals surface area contributed by atoms with Crippen LogP contribution in [0.2, 0.25) is 0 Å². The van der Waals surface area contributed by atoms with Crippen LogP contribution in [0.4, 0.5) is 0 Å². The molecule has 0 aromatic heterocycles. The van der Waals surface area contributed by atoms with Crippen LogP contribution < -0.4 is 5.14 Å². The minimum atomic E-state index is -3.29. The number of hydrogen-bond donors (Lipinski definition) is 1. The highest BCUT2D eigenvalue weighted by Gasteiger charge is 2.01. The summed E-state index contributed by atoms with van der Waals surface area (Å²) < 4.78 is 36.9. The molecule has 0 bridgehead atoms. The minimum Gasteiger partial charge on any atom is -0.382 e. The molecule has 0 heterocycles. The Bertz CT molecular complexity index is 282. The molecule has 0 aliphatic carbocycles. The van der Waals surface area contributed by atoms with Crippen molar-refractivity contribution in [2.75, 3.05) is 45.9 Å².